The summed E-state index contributed by atoms with van der Waals surface area (Å²) in [7, 11) is 0. The van der Waals surface area contributed by atoms with Crippen LogP contribution in [0.1, 0.15) is 16.7 Å². The molecule has 0 saturated heterocycles. The molecule has 0 aliphatic rings. The van der Waals surface area contributed by atoms with Crippen LogP contribution in [0.25, 0.3) is 11.1 Å². The lowest BCUT2D eigenvalue weighted by Crippen LogP contribution is -2.04. The first-order valence-electron chi connectivity index (χ1n) is 7.86. The van der Waals surface area contributed by atoms with Gasteiger partial charge in [0.2, 0.25) is 0 Å². The van der Waals surface area contributed by atoms with Crippen LogP contribution in [0.15, 0.2) is 72.8 Å². The zero-order valence-corrected chi connectivity index (χ0v) is 13.6. The fourth-order valence-corrected chi connectivity index (χ4v) is 2.52. The standard InChI is InChI=1S/C21H14F3NO/c22-21(23,24)19-8-4-7-16(11-19)17-9-10-18(13-25)20(12-17)26-14-15-5-2-1-3-6-15/h1-12H,14H2. The summed E-state index contributed by atoms with van der Waals surface area (Å²) >= 11 is 0. The van der Waals surface area contributed by atoms with E-state index in [1.807, 2.05) is 36.4 Å². The van der Waals surface area contributed by atoms with E-state index in [1.54, 1.807) is 24.3 Å². The van der Waals surface area contributed by atoms with Gasteiger partial charge >= 0.3 is 6.18 Å². The summed E-state index contributed by atoms with van der Waals surface area (Å²) in [5, 5.41) is 9.25. The molecule has 0 N–H and O–H groups in total. The molecule has 0 aliphatic heterocycles. The van der Waals surface area contributed by atoms with E-state index < -0.39 is 11.7 Å². The minimum absolute atomic E-state index is 0.265. The number of hydrogen-bond donors (Lipinski definition) is 0. The van der Waals surface area contributed by atoms with E-state index in [9.17, 15) is 18.4 Å². The van der Waals surface area contributed by atoms with Gasteiger partial charge in [-0.1, -0.05) is 48.5 Å². The summed E-state index contributed by atoms with van der Waals surface area (Å²) < 4.78 is 44.5. The van der Waals surface area contributed by atoms with Crippen LogP contribution in [0.3, 0.4) is 0 Å². The maximum atomic E-state index is 12.9. The molecule has 0 heterocycles. The van der Waals surface area contributed by atoms with Crippen molar-refractivity contribution in [3.63, 3.8) is 0 Å². The van der Waals surface area contributed by atoms with Crippen LogP contribution in [0, 0.1) is 11.3 Å². The van der Waals surface area contributed by atoms with Gasteiger partial charge in [-0.3, -0.25) is 0 Å². The third-order valence-corrected chi connectivity index (χ3v) is 3.86. The molecule has 0 spiro atoms. The molecular formula is C21H14F3NO. The molecule has 2 nitrogen and oxygen atoms in total. The van der Waals surface area contributed by atoms with Gasteiger partial charge in [0.05, 0.1) is 11.1 Å². The zero-order valence-electron chi connectivity index (χ0n) is 13.6. The quantitative estimate of drug-likeness (QED) is 0.592. The van der Waals surface area contributed by atoms with Gasteiger partial charge in [-0.2, -0.15) is 18.4 Å². The number of nitriles is 1. The second-order valence-electron chi connectivity index (χ2n) is 5.68. The van der Waals surface area contributed by atoms with Crippen molar-refractivity contribution in [2.24, 2.45) is 0 Å². The van der Waals surface area contributed by atoms with Crippen LogP contribution in [0.4, 0.5) is 13.2 Å². The van der Waals surface area contributed by atoms with E-state index >= 15 is 0 Å². The van der Waals surface area contributed by atoms with Crippen LogP contribution >= 0.6 is 0 Å². The molecule has 0 unspecified atom stereocenters. The molecule has 3 rings (SSSR count). The number of alkyl halides is 3. The molecule has 0 bridgehead atoms. The maximum absolute atomic E-state index is 12.9. The average molecular weight is 353 g/mol. The van der Waals surface area contributed by atoms with Crippen molar-refractivity contribution >= 4 is 0 Å². The van der Waals surface area contributed by atoms with Gasteiger partial charge in [0.1, 0.15) is 18.4 Å². The predicted octanol–water partition coefficient (Wildman–Crippen LogP) is 5.82. The van der Waals surface area contributed by atoms with Crippen molar-refractivity contribution in [2.45, 2.75) is 12.8 Å². The Morgan fingerprint density at radius 2 is 1.58 bits per heavy atom. The van der Waals surface area contributed by atoms with E-state index in [0.29, 0.717) is 22.4 Å². The van der Waals surface area contributed by atoms with Crippen molar-refractivity contribution < 1.29 is 17.9 Å². The summed E-state index contributed by atoms with van der Waals surface area (Å²) in [4.78, 5) is 0. The van der Waals surface area contributed by atoms with Crippen LogP contribution in [-0.4, -0.2) is 0 Å². The van der Waals surface area contributed by atoms with Gasteiger partial charge in [-0.15, -0.1) is 0 Å². The van der Waals surface area contributed by atoms with Gasteiger partial charge in [-0.25, -0.2) is 0 Å². The number of ether oxygens (including phenoxy) is 1. The van der Waals surface area contributed by atoms with Gasteiger partial charge in [0, 0.05) is 0 Å². The van der Waals surface area contributed by atoms with E-state index in [4.69, 9.17) is 4.74 Å². The zero-order chi connectivity index (χ0) is 18.6. The first kappa shape index (κ1) is 17.6. The summed E-state index contributed by atoms with van der Waals surface area (Å²) in [6.45, 7) is 0.265. The number of nitrogens with zero attached hydrogens (tertiary/aromatic N) is 1. The lowest BCUT2D eigenvalue weighted by Gasteiger charge is -2.12. The fraction of sp³-hybridized carbons (Fsp3) is 0.0952. The number of rotatable bonds is 4. The molecule has 26 heavy (non-hydrogen) atoms. The molecule has 0 atom stereocenters. The average Bonchev–Trinajstić information content (AvgIpc) is 2.66. The number of benzene rings is 3. The highest BCUT2D eigenvalue weighted by atomic mass is 19.4. The third kappa shape index (κ3) is 4.04. The fourth-order valence-electron chi connectivity index (χ4n) is 2.52. The summed E-state index contributed by atoms with van der Waals surface area (Å²) in [5.41, 5.74) is 1.51. The van der Waals surface area contributed by atoms with Crippen molar-refractivity contribution in [1.82, 2.24) is 0 Å². The van der Waals surface area contributed by atoms with E-state index in [-0.39, 0.29) is 6.61 Å². The monoisotopic (exact) mass is 353 g/mol. The molecular weight excluding hydrogens is 339 g/mol. The number of hydrogen-bond acceptors (Lipinski definition) is 2. The minimum atomic E-state index is -4.41. The largest absolute Gasteiger partial charge is 0.488 e. The van der Waals surface area contributed by atoms with Gasteiger partial charge in [0.15, 0.2) is 0 Å². The highest BCUT2D eigenvalue weighted by Crippen LogP contribution is 2.33. The Hall–Kier alpha value is -3.26. The van der Waals surface area contributed by atoms with Crippen LogP contribution in [0.5, 0.6) is 5.75 Å². The second-order valence-corrected chi connectivity index (χ2v) is 5.68. The van der Waals surface area contributed by atoms with Crippen molar-refractivity contribution in [1.29, 1.82) is 5.26 Å². The normalized spacial score (nSPS) is 11.0. The second kappa shape index (κ2) is 7.32. The Balaban J connectivity index is 1.91. The first-order valence-corrected chi connectivity index (χ1v) is 7.86. The first-order chi connectivity index (χ1) is 12.5. The molecule has 0 saturated carbocycles. The topological polar surface area (TPSA) is 33.0 Å². The van der Waals surface area contributed by atoms with Crippen molar-refractivity contribution in [3.05, 3.63) is 89.5 Å². The SMILES string of the molecule is N#Cc1ccc(-c2cccc(C(F)(F)F)c2)cc1OCc1ccccc1. The van der Waals surface area contributed by atoms with Crippen molar-refractivity contribution in [2.75, 3.05) is 0 Å². The molecule has 5 heteroatoms. The summed E-state index contributed by atoms with van der Waals surface area (Å²) in [6.07, 6.45) is -4.41. The minimum Gasteiger partial charge on any atom is -0.488 e. The molecule has 130 valence electrons. The van der Waals surface area contributed by atoms with Gasteiger partial charge < -0.3 is 4.74 Å². The van der Waals surface area contributed by atoms with Crippen LogP contribution in [-0.2, 0) is 12.8 Å². The summed E-state index contributed by atoms with van der Waals surface area (Å²) in [6, 6.07) is 21.3. The Bertz CT molecular complexity index is 943. The predicted molar refractivity (Wildman–Crippen MR) is 92.4 cm³/mol. The lowest BCUT2D eigenvalue weighted by molar-refractivity contribution is -0.137. The smallest absolute Gasteiger partial charge is 0.416 e. The van der Waals surface area contributed by atoms with Gasteiger partial charge in [-0.05, 0) is 41.0 Å². The summed E-state index contributed by atoms with van der Waals surface area (Å²) in [5.74, 6) is 0.339. The molecule has 0 aromatic heterocycles. The molecule has 0 aliphatic carbocycles. The maximum Gasteiger partial charge on any atom is 0.416 e. The number of halogens is 3. The third-order valence-electron chi connectivity index (χ3n) is 3.86. The highest BCUT2D eigenvalue weighted by molar-refractivity contribution is 5.68. The molecule has 0 radical (unpaired) electrons. The van der Waals surface area contributed by atoms with E-state index in [0.717, 1.165) is 17.7 Å². The van der Waals surface area contributed by atoms with Crippen molar-refractivity contribution in [3.8, 4) is 22.9 Å². The van der Waals surface area contributed by atoms with E-state index in [1.165, 1.54) is 6.07 Å². The molecule has 0 amide bonds. The Labute approximate surface area is 149 Å². The molecule has 3 aromatic rings. The Morgan fingerprint density at radius 3 is 2.27 bits per heavy atom. The Kier molecular flexibility index (Phi) is 4.94. The van der Waals surface area contributed by atoms with E-state index in [2.05, 4.69) is 0 Å². The molecule has 3 aromatic carbocycles. The van der Waals surface area contributed by atoms with Crippen LogP contribution < -0.4 is 4.74 Å². The molecule has 0 fully saturated rings. The van der Waals surface area contributed by atoms with Gasteiger partial charge in [0.25, 0.3) is 0 Å². The lowest BCUT2D eigenvalue weighted by atomic mass is 10.0. The Morgan fingerprint density at radius 1 is 0.846 bits per heavy atom. The van der Waals surface area contributed by atoms with Crippen LogP contribution in [0.2, 0.25) is 0 Å². The highest BCUT2D eigenvalue weighted by Gasteiger charge is 2.30.